The Morgan fingerprint density at radius 3 is 2.71 bits per heavy atom. The fourth-order valence-corrected chi connectivity index (χ4v) is 1.64. The first-order valence-electron chi connectivity index (χ1n) is 5.07. The van der Waals surface area contributed by atoms with Crippen LogP contribution in [0.25, 0.3) is 0 Å². The third-order valence-corrected chi connectivity index (χ3v) is 2.40. The first kappa shape index (κ1) is 14.5. The fraction of sp³-hybridized carbons (Fsp3) is 0.455. The molecule has 2 nitrogen and oxygen atoms in total. The highest BCUT2D eigenvalue weighted by molar-refractivity contribution is 9.10. The van der Waals surface area contributed by atoms with Gasteiger partial charge in [-0.2, -0.15) is 13.2 Å². The highest BCUT2D eigenvalue weighted by Crippen LogP contribution is 2.13. The molecule has 6 heteroatoms. The molecule has 0 atom stereocenters. The summed E-state index contributed by atoms with van der Waals surface area (Å²) in [6.07, 6.45) is -4.16. The van der Waals surface area contributed by atoms with Crippen molar-refractivity contribution >= 4 is 15.9 Å². The van der Waals surface area contributed by atoms with Crippen LogP contribution in [0.2, 0.25) is 0 Å². The summed E-state index contributed by atoms with van der Waals surface area (Å²) in [5.74, 6) is 0. The highest BCUT2D eigenvalue weighted by atomic mass is 79.9. The Balaban J connectivity index is 2.09. The molecule has 0 aliphatic rings. The zero-order chi connectivity index (χ0) is 12.7. The van der Waals surface area contributed by atoms with E-state index in [0.29, 0.717) is 6.61 Å². The molecule has 0 radical (unpaired) electrons. The van der Waals surface area contributed by atoms with Gasteiger partial charge in [0.15, 0.2) is 0 Å². The van der Waals surface area contributed by atoms with Crippen molar-refractivity contribution in [1.82, 2.24) is 5.32 Å². The summed E-state index contributed by atoms with van der Waals surface area (Å²) in [4.78, 5) is 0. The highest BCUT2D eigenvalue weighted by Gasteiger charge is 2.25. The molecule has 0 aromatic heterocycles. The van der Waals surface area contributed by atoms with E-state index in [1.54, 1.807) is 0 Å². The standard InChI is InChI=1S/C11H13BrF3NO/c12-10-3-1-2-9(6-10)7-17-5-4-16-8-11(13,14)15/h1-3,6,16H,4-5,7-8H2. The van der Waals surface area contributed by atoms with Crippen LogP contribution in [-0.2, 0) is 11.3 Å². The van der Waals surface area contributed by atoms with E-state index < -0.39 is 12.7 Å². The normalized spacial score (nSPS) is 11.8. The number of ether oxygens (including phenoxy) is 1. The Labute approximate surface area is 106 Å². The van der Waals surface area contributed by atoms with E-state index in [4.69, 9.17) is 4.74 Å². The summed E-state index contributed by atoms with van der Waals surface area (Å²) in [6.45, 7) is -0.142. The van der Waals surface area contributed by atoms with Crippen molar-refractivity contribution in [2.45, 2.75) is 12.8 Å². The van der Waals surface area contributed by atoms with E-state index in [-0.39, 0.29) is 13.2 Å². The van der Waals surface area contributed by atoms with Gasteiger partial charge < -0.3 is 10.1 Å². The molecule has 0 heterocycles. The zero-order valence-corrected chi connectivity index (χ0v) is 10.6. The van der Waals surface area contributed by atoms with Crippen LogP contribution in [-0.4, -0.2) is 25.9 Å². The first-order chi connectivity index (χ1) is 7.97. The molecule has 1 rings (SSSR count). The van der Waals surface area contributed by atoms with Gasteiger partial charge in [-0.25, -0.2) is 0 Å². The summed E-state index contributed by atoms with van der Waals surface area (Å²) < 4.78 is 41.5. The van der Waals surface area contributed by atoms with Crippen LogP contribution in [0.3, 0.4) is 0 Å². The Morgan fingerprint density at radius 2 is 2.06 bits per heavy atom. The molecule has 1 N–H and O–H groups in total. The Morgan fingerprint density at radius 1 is 1.29 bits per heavy atom. The third kappa shape index (κ3) is 7.36. The van der Waals surface area contributed by atoms with Gasteiger partial charge in [0.05, 0.1) is 19.8 Å². The maximum Gasteiger partial charge on any atom is 0.401 e. The molecule has 17 heavy (non-hydrogen) atoms. The predicted molar refractivity (Wildman–Crippen MR) is 62.7 cm³/mol. The average Bonchev–Trinajstić information content (AvgIpc) is 2.22. The van der Waals surface area contributed by atoms with Crippen LogP contribution in [0.5, 0.6) is 0 Å². The van der Waals surface area contributed by atoms with E-state index in [1.807, 2.05) is 24.3 Å². The van der Waals surface area contributed by atoms with Gasteiger partial charge in [-0.05, 0) is 17.7 Å². The molecule has 0 fully saturated rings. The van der Waals surface area contributed by atoms with E-state index in [9.17, 15) is 13.2 Å². The minimum atomic E-state index is -4.16. The van der Waals surface area contributed by atoms with Crippen molar-refractivity contribution in [2.75, 3.05) is 19.7 Å². The molecule has 1 aromatic rings. The molecule has 0 aliphatic heterocycles. The van der Waals surface area contributed by atoms with Crippen molar-refractivity contribution in [3.05, 3.63) is 34.3 Å². The lowest BCUT2D eigenvalue weighted by atomic mass is 10.2. The van der Waals surface area contributed by atoms with E-state index in [2.05, 4.69) is 21.2 Å². The van der Waals surface area contributed by atoms with Crippen LogP contribution < -0.4 is 5.32 Å². The van der Waals surface area contributed by atoms with E-state index in [0.717, 1.165) is 10.0 Å². The van der Waals surface area contributed by atoms with Gasteiger partial charge >= 0.3 is 6.18 Å². The number of alkyl halides is 3. The Kier molecular flexibility index (Phi) is 5.94. The Hall–Kier alpha value is -0.590. The zero-order valence-electron chi connectivity index (χ0n) is 9.06. The average molecular weight is 312 g/mol. The number of hydrogen-bond donors (Lipinski definition) is 1. The summed E-state index contributed by atoms with van der Waals surface area (Å²) in [5.41, 5.74) is 0.982. The van der Waals surface area contributed by atoms with Gasteiger partial charge in [-0.15, -0.1) is 0 Å². The molecular weight excluding hydrogens is 299 g/mol. The van der Waals surface area contributed by atoms with Gasteiger partial charge in [0.1, 0.15) is 0 Å². The smallest absolute Gasteiger partial charge is 0.375 e. The quantitative estimate of drug-likeness (QED) is 0.815. The summed E-state index contributed by atoms with van der Waals surface area (Å²) in [6, 6.07) is 7.58. The molecule has 0 amide bonds. The van der Waals surface area contributed by atoms with Gasteiger partial charge in [0.2, 0.25) is 0 Å². The monoisotopic (exact) mass is 311 g/mol. The lowest BCUT2D eigenvalue weighted by Gasteiger charge is -2.08. The summed E-state index contributed by atoms with van der Waals surface area (Å²) in [5, 5.41) is 2.26. The predicted octanol–water partition coefficient (Wildman–Crippen LogP) is 3.12. The molecule has 0 spiro atoms. The molecule has 0 saturated heterocycles. The van der Waals surface area contributed by atoms with Gasteiger partial charge in [-0.1, -0.05) is 28.1 Å². The molecule has 0 unspecified atom stereocenters. The summed E-state index contributed by atoms with van der Waals surface area (Å²) in [7, 11) is 0. The topological polar surface area (TPSA) is 21.3 Å². The van der Waals surface area contributed by atoms with Crippen molar-refractivity contribution in [3.63, 3.8) is 0 Å². The largest absolute Gasteiger partial charge is 0.401 e. The second-order valence-electron chi connectivity index (χ2n) is 3.47. The van der Waals surface area contributed by atoms with Crippen LogP contribution >= 0.6 is 15.9 Å². The molecular formula is C11H13BrF3NO. The van der Waals surface area contributed by atoms with Crippen LogP contribution in [0.15, 0.2) is 28.7 Å². The second kappa shape index (κ2) is 6.98. The lowest BCUT2D eigenvalue weighted by molar-refractivity contribution is -0.125. The van der Waals surface area contributed by atoms with Crippen LogP contribution in [0.4, 0.5) is 13.2 Å². The third-order valence-electron chi connectivity index (χ3n) is 1.91. The molecule has 0 saturated carbocycles. The minimum absolute atomic E-state index is 0.188. The van der Waals surface area contributed by atoms with Gasteiger partial charge in [0, 0.05) is 11.0 Å². The van der Waals surface area contributed by atoms with Crippen molar-refractivity contribution in [1.29, 1.82) is 0 Å². The second-order valence-corrected chi connectivity index (χ2v) is 4.39. The lowest BCUT2D eigenvalue weighted by Crippen LogP contribution is -2.31. The van der Waals surface area contributed by atoms with Gasteiger partial charge in [0.25, 0.3) is 0 Å². The molecule has 1 aromatic carbocycles. The maximum absolute atomic E-state index is 11.8. The number of rotatable bonds is 6. The number of nitrogens with one attached hydrogen (secondary N) is 1. The van der Waals surface area contributed by atoms with Crippen molar-refractivity contribution < 1.29 is 17.9 Å². The minimum Gasteiger partial charge on any atom is -0.375 e. The maximum atomic E-state index is 11.8. The fourth-order valence-electron chi connectivity index (χ4n) is 1.19. The molecule has 0 aliphatic carbocycles. The number of benzene rings is 1. The number of hydrogen-bond acceptors (Lipinski definition) is 2. The molecule has 96 valence electrons. The SMILES string of the molecule is FC(F)(F)CNCCOCc1cccc(Br)c1. The van der Waals surface area contributed by atoms with Crippen LogP contribution in [0, 0.1) is 0 Å². The van der Waals surface area contributed by atoms with E-state index >= 15 is 0 Å². The van der Waals surface area contributed by atoms with Gasteiger partial charge in [-0.3, -0.25) is 0 Å². The van der Waals surface area contributed by atoms with E-state index in [1.165, 1.54) is 0 Å². The first-order valence-corrected chi connectivity index (χ1v) is 5.86. The summed E-state index contributed by atoms with van der Waals surface area (Å²) >= 11 is 3.32. The number of halogens is 4. The molecule has 0 bridgehead atoms. The van der Waals surface area contributed by atoms with Crippen molar-refractivity contribution in [3.8, 4) is 0 Å². The van der Waals surface area contributed by atoms with Crippen LogP contribution in [0.1, 0.15) is 5.56 Å². The van der Waals surface area contributed by atoms with Crippen molar-refractivity contribution in [2.24, 2.45) is 0 Å². The Bertz CT molecular complexity index is 344.